The number of aromatic nitrogens is 5. The third kappa shape index (κ3) is 4.18. The quantitative estimate of drug-likeness (QED) is 0.434. The van der Waals surface area contributed by atoms with E-state index in [2.05, 4.69) is 20.2 Å². The van der Waals surface area contributed by atoms with E-state index >= 15 is 0 Å². The van der Waals surface area contributed by atoms with E-state index in [4.69, 9.17) is 5.10 Å². The van der Waals surface area contributed by atoms with Gasteiger partial charge in [0, 0.05) is 38.4 Å². The summed E-state index contributed by atoms with van der Waals surface area (Å²) in [6.45, 7) is 6.84. The zero-order chi connectivity index (χ0) is 25.7. The van der Waals surface area contributed by atoms with Gasteiger partial charge in [-0.2, -0.15) is 0 Å². The summed E-state index contributed by atoms with van der Waals surface area (Å²) in [6.07, 6.45) is 6.73. The van der Waals surface area contributed by atoms with Crippen molar-refractivity contribution in [1.82, 2.24) is 29.5 Å². The number of carbonyl (C=O) groups excluding carboxylic acids is 1. The number of aryl methyl sites for hydroxylation is 1. The molecule has 0 spiro atoms. The molecule has 0 aromatic carbocycles. The molecule has 4 aromatic rings. The maximum atomic E-state index is 13.3. The number of amides is 1. The molecule has 192 valence electrons. The van der Waals surface area contributed by atoms with E-state index in [0.717, 1.165) is 34.1 Å². The van der Waals surface area contributed by atoms with Crippen LogP contribution in [0.4, 0.5) is 5.82 Å². The monoisotopic (exact) mass is 499 g/mol. The fraction of sp³-hybridized carbons (Fsp3) is 0.393. The summed E-state index contributed by atoms with van der Waals surface area (Å²) < 4.78 is 3.61. The van der Waals surface area contributed by atoms with Gasteiger partial charge in [-0.15, -0.1) is 5.10 Å². The predicted molar refractivity (Wildman–Crippen MR) is 143 cm³/mol. The zero-order valence-corrected chi connectivity index (χ0v) is 21.4. The molecule has 0 radical (unpaired) electrons. The Morgan fingerprint density at radius 2 is 2.00 bits per heavy atom. The Labute approximate surface area is 216 Å². The average molecular weight is 500 g/mol. The number of anilines is 1. The number of nitrogens with one attached hydrogen (secondary N) is 1. The van der Waals surface area contributed by atoms with Gasteiger partial charge < -0.3 is 14.8 Å². The highest BCUT2D eigenvalue weighted by molar-refractivity contribution is 5.94. The number of nitrogens with zero attached hydrogens (tertiary/aromatic N) is 6. The van der Waals surface area contributed by atoms with Crippen LogP contribution in [0.5, 0.6) is 0 Å². The molecule has 37 heavy (non-hydrogen) atoms. The van der Waals surface area contributed by atoms with Crippen LogP contribution in [0.15, 0.2) is 53.6 Å². The maximum Gasteiger partial charge on any atom is 0.263 e. The van der Waals surface area contributed by atoms with Crippen molar-refractivity contribution in [3.8, 4) is 0 Å². The van der Waals surface area contributed by atoms with Gasteiger partial charge in [0.1, 0.15) is 11.4 Å². The molecule has 6 rings (SSSR count). The Hall–Kier alpha value is -4.01. The van der Waals surface area contributed by atoms with Gasteiger partial charge in [-0.05, 0) is 75.9 Å². The molecule has 0 unspecified atom stereocenters. The van der Waals surface area contributed by atoms with Crippen LogP contribution in [-0.4, -0.2) is 42.6 Å². The largest absolute Gasteiger partial charge is 0.347 e. The second-order valence-corrected chi connectivity index (χ2v) is 10.1. The standard InChI is InChI=1S/C28H31N7O2.H2/c1-4-33-18(3)17(2)13-21(28(33)37)27(36)31-20-14-23(22-7-5-6-12-29-22)34(16-20)26-11-10-25-30-15-24(19-8-9-19)35(25)32-26;/h5-7,10-13,15,19-20,23H,4,8-9,14,16H2,1-3H3,(H,31,36);1H/t20-,23+;/m0./s1. The van der Waals surface area contributed by atoms with Crippen LogP contribution < -0.4 is 15.8 Å². The molecule has 2 fully saturated rings. The number of pyridine rings is 2. The zero-order valence-electron chi connectivity index (χ0n) is 21.4. The van der Waals surface area contributed by atoms with Crippen molar-refractivity contribution < 1.29 is 6.22 Å². The lowest BCUT2D eigenvalue weighted by Gasteiger charge is -2.25. The summed E-state index contributed by atoms with van der Waals surface area (Å²) in [5.74, 6) is 1.01. The lowest BCUT2D eigenvalue weighted by molar-refractivity contribution is 0.0937. The number of imidazole rings is 1. The number of carbonyl (C=O) groups is 1. The lowest BCUT2D eigenvalue weighted by atomic mass is 10.1. The molecular weight excluding hydrogens is 466 g/mol. The lowest BCUT2D eigenvalue weighted by Crippen LogP contribution is -2.41. The molecule has 9 nitrogen and oxygen atoms in total. The third-order valence-electron chi connectivity index (χ3n) is 7.70. The maximum absolute atomic E-state index is 13.3. The first-order valence-electron chi connectivity index (χ1n) is 13.0. The highest BCUT2D eigenvalue weighted by Crippen LogP contribution is 2.40. The molecule has 1 saturated heterocycles. The normalized spacial score (nSPS) is 19.5. The fourth-order valence-corrected chi connectivity index (χ4v) is 5.44. The minimum atomic E-state index is -0.337. The summed E-state index contributed by atoms with van der Waals surface area (Å²) in [5.41, 5.74) is 4.66. The number of fused-ring (bicyclic) bond motifs is 1. The summed E-state index contributed by atoms with van der Waals surface area (Å²) in [4.78, 5) is 37.7. The second kappa shape index (κ2) is 9.14. The molecule has 1 saturated carbocycles. The van der Waals surface area contributed by atoms with Crippen LogP contribution in [0.1, 0.15) is 72.6 Å². The molecular formula is C28H33N7O2. The number of rotatable bonds is 6. The molecule has 0 bridgehead atoms. The van der Waals surface area contributed by atoms with Crippen molar-refractivity contribution >= 4 is 17.4 Å². The molecule has 1 N–H and O–H groups in total. The summed E-state index contributed by atoms with van der Waals surface area (Å²) in [5, 5.41) is 8.11. The van der Waals surface area contributed by atoms with Crippen LogP contribution in [0.25, 0.3) is 5.65 Å². The Morgan fingerprint density at radius 1 is 1.16 bits per heavy atom. The first-order valence-corrected chi connectivity index (χ1v) is 13.0. The Morgan fingerprint density at radius 3 is 2.73 bits per heavy atom. The van der Waals surface area contributed by atoms with Gasteiger partial charge in [0.25, 0.3) is 11.5 Å². The van der Waals surface area contributed by atoms with Crippen LogP contribution in [0.3, 0.4) is 0 Å². The van der Waals surface area contributed by atoms with Crippen molar-refractivity contribution in [2.24, 2.45) is 0 Å². The molecule has 5 heterocycles. The summed E-state index contributed by atoms with van der Waals surface area (Å²) in [6, 6.07) is 11.4. The number of hydrogen-bond acceptors (Lipinski definition) is 6. The summed E-state index contributed by atoms with van der Waals surface area (Å²) in [7, 11) is 0. The first-order chi connectivity index (χ1) is 17.9. The minimum Gasteiger partial charge on any atom is -0.347 e. The van der Waals surface area contributed by atoms with Crippen molar-refractivity contribution in [2.75, 3.05) is 11.4 Å². The van der Waals surface area contributed by atoms with Gasteiger partial charge in [0.2, 0.25) is 0 Å². The molecule has 4 aromatic heterocycles. The van der Waals surface area contributed by atoms with Crippen LogP contribution in [0, 0.1) is 13.8 Å². The molecule has 1 amide bonds. The van der Waals surface area contributed by atoms with Crippen molar-refractivity contribution in [1.29, 1.82) is 0 Å². The van der Waals surface area contributed by atoms with E-state index in [1.165, 1.54) is 12.8 Å². The number of hydrogen-bond donors (Lipinski definition) is 1. The smallest absolute Gasteiger partial charge is 0.263 e. The highest BCUT2D eigenvalue weighted by Gasteiger charge is 2.37. The van der Waals surface area contributed by atoms with E-state index in [-0.39, 0.29) is 30.5 Å². The Kier molecular flexibility index (Phi) is 5.78. The van der Waals surface area contributed by atoms with Crippen molar-refractivity contribution in [3.63, 3.8) is 0 Å². The fourth-order valence-electron chi connectivity index (χ4n) is 5.44. The van der Waals surface area contributed by atoms with Gasteiger partial charge in [-0.3, -0.25) is 14.6 Å². The highest BCUT2D eigenvalue weighted by atomic mass is 16.2. The van der Waals surface area contributed by atoms with E-state index in [0.29, 0.717) is 25.4 Å². The van der Waals surface area contributed by atoms with Gasteiger partial charge in [-0.1, -0.05) is 6.07 Å². The van der Waals surface area contributed by atoms with Crippen molar-refractivity contribution in [2.45, 2.75) is 64.6 Å². The van der Waals surface area contributed by atoms with Crippen LogP contribution in [-0.2, 0) is 6.54 Å². The molecule has 2 aliphatic rings. The Bertz CT molecular complexity index is 1540. The molecule has 1 aliphatic carbocycles. The van der Waals surface area contributed by atoms with Gasteiger partial charge in [0.05, 0.1) is 23.6 Å². The average Bonchev–Trinajstić information content (AvgIpc) is 3.53. The Balaban J connectivity index is 0.00000294. The summed E-state index contributed by atoms with van der Waals surface area (Å²) >= 11 is 0. The van der Waals surface area contributed by atoms with Crippen molar-refractivity contribution in [3.05, 3.63) is 87.4 Å². The van der Waals surface area contributed by atoms with E-state index in [9.17, 15) is 9.59 Å². The SMILES string of the molecule is CCn1c(C)c(C)cc(C(=O)N[C@H]2C[C@H](c3ccccn3)N(c3ccc4ncc(C5CC5)n4n3)C2)c1=O.[HH]. The first kappa shape index (κ1) is 23.4. The van der Waals surface area contributed by atoms with Gasteiger partial charge in [-0.25, -0.2) is 9.50 Å². The van der Waals surface area contributed by atoms with E-state index in [1.807, 2.05) is 61.8 Å². The third-order valence-corrected chi connectivity index (χ3v) is 7.70. The second-order valence-electron chi connectivity index (χ2n) is 10.1. The van der Waals surface area contributed by atoms with Crippen LogP contribution >= 0.6 is 0 Å². The topological polar surface area (TPSA) is 97.4 Å². The van der Waals surface area contributed by atoms with Gasteiger partial charge >= 0.3 is 0 Å². The minimum absolute atomic E-state index is 0. The predicted octanol–water partition coefficient (Wildman–Crippen LogP) is 3.80. The van der Waals surface area contributed by atoms with Crippen LogP contribution in [0.2, 0.25) is 0 Å². The molecule has 1 aliphatic heterocycles. The van der Waals surface area contributed by atoms with Gasteiger partial charge in [0.15, 0.2) is 5.65 Å². The molecule has 9 heteroatoms. The van der Waals surface area contributed by atoms with E-state index in [1.54, 1.807) is 16.8 Å². The molecule has 2 atom stereocenters. The van der Waals surface area contributed by atoms with E-state index < -0.39 is 0 Å².